The van der Waals surface area contributed by atoms with Crippen molar-refractivity contribution in [1.82, 2.24) is 4.90 Å². The summed E-state index contributed by atoms with van der Waals surface area (Å²) < 4.78 is 16.2. The largest absolute Gasteiger partial charge is 0.493 e. The van der Waals surface area contributed by atoms with Crippen molar-refractivity contribution in [2.24, 2.45) is 0 Å². The minimum atomic E-state index is 0.0138. The highest BCUT2D eigenvalue weighted by molar-refractivity contribution is 7.98. The summed E-state index contributed by atoms with van der Waals surface area (Å²) in [5, 5.41) is 0. The molecule has 6 heteroatoms. The number of hydrogen-bond acceptors (Lipinski definition) is 5. The number of aryl methyl sites for hydroxylation is 1. The number of carbonyl (C=O) groups is 1. The van der Waals surface area contributed by atoms with E-state index in [4.69, 9.17) is 14.2 Å². The first-order valence-corrected chi connectivity index (χ1v) is 12.2. The molecule has 0 aliphatic heterocycles. The molecule has 170 valence electrons. The lowest BCUT2D eigenvalue weighted by Crippen LogP contribution is -2.31. The Hall–Kier alpha value is -1.82. The van der Waals surface area contributed by atoms with Crippen molar-refractivity contribution in [3.8, 4) is 17.2 Å². The van der Waals surface area contributed by atoms with Gasteiger partial charge < -0.3 is 19.1 Å². The first-order chi connectivity index (χ1) is 14.6. The van der Waals surface area contributed by atoms with E-state index in [1.54, 1.807) is 21.3 Å². The fourth-order valence-electron chi connectivity index (χ4n) is 3.47. The van der Waals surface area contributed by atoms with Crippen LogP contribution in [0.5, 0.6) is 17.2 Å². The molecule has 0 saturated heterocycles. The van der Waals surface area contributed by atoms with Gasteiger partial charge in [-0.15, -0.1) is 0 Å². The number of carbonyl (C=O) groups excluding carboxylic acids is 1. The lowest BCUT2D eigenvalue weighted by atomic mass is 10.1. The standard InChI is InChI=1S/C24H39NO4S/c1-6-23(26)25(15-11-9-7-8-10-12-17-30-5)16-13-14-20-18-21(27-2)24(29-4)22(19-20)28-3/h6,18-19H,1,7-17H2,2-5H3. The van der Waals surface area contributed by atoms with Crippen molar-refractivity contribution in [1.29, 1.82) is 0 Å². The Balaban J connectivity index is 2.49. The number of methoxy groups -OCH3 is 3. The van der Waals surface area contributed by atoms with Gasteiger partial charge >= 0.3 is 0 Å². The van der Waals surface area contributed by atoms with Gasteiger partial charge in [0.2, 0.25) is 11.7 Å². The van der Waals surface area contributed by atoms with Crippen LogP contribution >= 0.6 is 11.8 Å². The van der Waals surface area contributed by atoms with E-state index >= 15 is 0 Å². The number of rotatable bonds is 17. The predicted molar refractivity (Wildman–Crippen MR) is 127 cm³/mol. The number of ether oxygens (including phenoxy) is 3. The average molecular weight is 438 g/mol. The zero-order valence-corrected chi connectivity index (χ0v) is 20.0. The van der Waals surface area contributed by atoms with E-state index in [-0.39, 0.29) is 5.91 Å². The van der Waals surface area contributed by atoms with Crippen molar-refractivity contribution >= 4 is 17.7 Å². The van der Waals surface area contributed by atoms with Crippen molar-refractivity contribution in [3.05, 3.63) is 30.4 Å². The molecule has 30 heavy (non-hydrogen) atoms. The zero-order valence-electron chi connectivity index (χ0n) is 19.2. The van der Waals surface area contributed by atoms with Crippen LogP contribution in [0.1, 0.15) is 50.5 Å². The van der Waals surface area contributed by atoms with Crippen molar-refractivity contribution < 1.29 is 19.0 Å². The summed E-state index contributed by atoms with van der Waals surface area (Å²) in [6, 6.07) is 3.94. The van der Waals surface area contributed by atoms with Crippen LogP contribution in [0.15, 0.2) is 24.8 Å². The van der Waals surface area contributed by atoms with Crippen LogP contribution in [-0.2, 0) is 11.2 Å². The second-order valence-corrected chi connectivity index (χ2v) is 8.27. The number of unbranched alkanes of at least 4 members (excludes halogenated alkanes) is 5. The monoisotopic (exact) mass is 437 g/mol. The van der Waals surface area contributed by atoms with Gasteiger partial charge in [-0.05, 0) is 61.5 Å². The molecule has 0 aliphatic carbocycles. The first-order valence-electron chi connectivity index (χ1n) is 10.8. The molecule has 0 heterocycles. The zero-order chi connectivity index (χ0) is 22.2. The van der Waals surface area contributed by atoms with Gasteiger partial charge in [-0.1, -0.05) is 32.3 Å². The molecule has 0 N–H and O–H groups in total. The van der Waals surface area contributed by atoms with E-state index in [9.17, 15) is 4.79 Å². The number of amides is 1. The van der Waals surface area contributed by atoms with E-state index < -0.39 is 0 Å². The number of thioether (sulfide) groups is 1. The van der Waals surface area contributed by atoms with Gasteiger partial charge in [-0.3, -0.25) is 4.79 Å². The van der Waals surface area contributed by atoms with E-state index in [2.05, 4.69) is 12.8 Å². The molecule has 0 fully saturated rings. The van der Waals surface area contributed by atoms with Gasteiger partial charge in [0, 0.05) is 13.1 Å². The number of nitrogens with zero attached hydrogens (tertiary/aromatic N) is 1. The molecule has 0 spiro atoms. The third-order valence-corrected chi connectivity index (χ3v) is 5.83. The Labute approximate surface area is 187 Å². The molecule has 0 atom stereocenters. The molecule has 0 bridgehead atoms. The van der Waals surface area contributed by atoms with Crippen molar-refractivity contribution in [2.75, 3.05) is 46.4 Å². The molecule has 0 aliphatic rings. The normalized spacial score (nSPS) is 10.5. The van der Waals surface area contributed by atoms with Gasteiger partial charge in [0.05, 0.1) is 21.3 Å². The Morgan fingerprint density at radius 2 is 1.50 bits per heavy atom. The van der Waals surface area contributed by atoms with E-state index in [0.717, 1.165) is 37.9 Å². The molecule has 0 radical (unpaired) electrons. The molecule has 1 amide bonds. The van der Waals surface area contributed by atoms with Crippen LogP contribution in [0.2, 0.25) is 0 Å². The summed E-state index contributed by atoms with van der Waals surface area (Å²) in [7, 11) is 4.84. The Bertz CT molecular complexity index is 611. The molecule has 1 rings (SSSR count). The van der Waals surface area contributed by atoms with Gasteiger partial charge in [-0.25, -0.2) is 0 Å². The topological polar surface area (TPSA) is 48.0 Å². The molecule has 1 aromatic carbocycles. The molecule has 1 aromatic rings. The Morgan fingerprint density at radius 1 is 0.933 bits per heavy atom. The van der Waals surface area contributed by atoms with E-state index in [1.165, 1.54) is 43.9 Å². The average Bonchev–Trinajstić information content (AvgIpc) is 2.78. The van der Waals surface area contributed by atoms with Crippen molar-refractivity contribution in [2.45, 2.75) is 51.4 Å². The molecular weight excluding hydrogens is 398 g/mol. The third-order valence-electron chi connectivity index (χ3n) is 5.13. The lowest BCUT2D eigenvalue weighted by molar-refractivity contribution is -0.126. The van der Waals surface area contributed by atoms with Crippen LogP contribution in [0.4, 0.5) is 0 Å². The van der Waals surface area contributed by atoms with Crippen LogP contribution < -0.4 is 14.2 Å². The fraction of sp³-hybridized carbons (Fsp3) is 0.625. The molecular formula is C24H39NO4S. The highest BCUT2D eigenvalue weighted by atomic mass is 32.2. The fourth-order valence-corrected chi connectivity index (χ4v) is 3.96. The second kappa shape index (κ2) is 15.9. The summed E-state index contributed by atoms with van der Waals surface area (Å²) >= 11 is 1.92. The maximum Gasteiger partial charge on any atom is 0.245 e. The Morgan fingerprint density at radius 3 is 2.03 bits per heavy atom. The highest BCUT2D eigenvalue weighted by Gasteiger charge is 2.14. The molecule has 0 aromatic heterocycles. The van der Waals surface area contributed by atoms with Gasteiger partial charge in [-0.2, -0.15) is 11.8 Å². The van der Waals surface area contributed by atoms with Crippen LogP contribution in [0.3, 0.4) is 0 Å². The van der Waals surface area contributed by atoms with Crippen LogP contribution in [-0.4, -0.2) is 57.2 Å². The molecule has 0 unspecified atom stereocenters. The summed E-state index contributed by atoms with van der Waals surface area (Å²) in [4.78, 5) is 14.1. The minimum absolute atomic E-state index is 0.0138. The maximum atomic E-state index is 12.2. The minimum Gasteiger partial charge on any atom is -0.493 e. The third kappa shape index (κ3) is 9.33. The van der Waals surface area contributed by atoms with Crippen molar-refractivity contribution in [3.63, 3.8) is 0 Å². The number of benzene rings is 1. The maximum absolute atomic E-state index is 12.2. The summed E-state index contributed by atoms with van der Waals surface area (Å²) in [5.74, 6) is 3.18. The van der Waals surface area contributed by atoms with E-state index in [0.29, 0.717) is 17.2 Å². The summed E-state index contributed by atoms with van der Waals surface area (Å²) in [5.41, 5.74) is 1.10. The summed E-state index contributed by atoms with van der Waals surface area (Å²) in [6.45, 7) is 5.17. The predicted octanol–water partition coefficient (Wildman–Crippen LogP) is 5.36. The van der Waals surface area contributed by atoms with Gasteiger partial charge in [0.1, 0.15) is 0 Å². The quantitative estimate of drug-likeness (QED) is 0.242. The number of hydrogen-bond donors (Lipinski definition) is 0. The molecule has 0 saturated carbocycles. The SMILES string of the molecule is C=CC(=O)N(CCCCCCCCSC)CCCc1cc(OC)c(OC)c(OC)c1. The highest BCUT2D eigenvalue weighted by Crippen LogP contribution is 2.38. The summed E-state index contributed by atoms with van der Waals surface area (Å²) in [6.07, 6.45) is 12.6. The lowest BCUT2D eigenvalue weighted by Gasteiger charge is -2.21. The first kappa shape index (κ1) is 26.2. The van der Waals surface area contributed by atoms with Gasteiger partial charge in [0.15, 0.2) is 11.5 Å². The van der Waals surface area contributed by atoms with Gasteiger partial charge in [0.25, 0.3) is 0 Å². The van der Waals surface area contributed by atoms with Crippen LogP contribution in [0, 0.1) is 0 Å². The molecule has 5 nitrogen and oxygen atoms in total. The van der Waals surface area contributed by atoms with E-state index in [1.807, 2.05) is 28.8 Å². The van der Waals surface area contributed by atoms with Crippen LogP contribution in [0.25, 0.3) is 0 Å². The second-order valence-electron chi connectivity index (χ2n) is 7.28. The smallest absolute Gasteiger partial charge is 0.245 e. The Kier molecular flexibility index (Phi) is 13.9.